The number of carbonyl (C=O) groups excluding carboxylic acids is 3. The number of pyridine rings is 1. The largest absolute Gasteiger partial charge is 0.323 e. The number of Topliss-reactive ketones (excluding diaryl/α,β-unsaturated/α-hetero) is 1. The normalized spacial score (nSPS) is 13.4. The van der Waals surface area contributed by atoms with Gasteiger partial charge >= 0.3 is 0 Å². The van der Waals surface area contributed by atoms with Gasteiger partial charge < -0.3 is 5.32 Å². The minimum Gasteiger partial charge on any atom is -0.323 e. The molecule has 1 aromatic carbocycles. The lowest BCUT2D eigenvalue weighted by Crippen LogP contribution is -2.32. The minimum absolute atomic E-state index is 0.0389. The molecule has 0 unspecified atom stereocenters. The third-order valence-corrected chi connectivity index (χ3v) is 4.32. The van der Waals surface area contributed by atoms with Gasteiger partial charge in [0.1, 0.15) is 11.5 Å². The standard InChI is InChI=1S/C22H19FN2O3/c1-2-3-4-19(27)25-17-13-18(26)21-20(22(17)28)15(11-12-24-21)8-5-14-6-9-16(23)10-7-14/h5-13H,2-4H2,1H3,(H,25,27)/b8-5+. The summed E-state index contributed by atoms with van der Waals surface area (Å²) in [5.74, 6) is -1.53. The predicted molar refractivity (Wildman–Crippen MR) is 104 cm³/mol. The fourth-order valence-corrected chi connectivity index (χ4v) is 2.84. The highest BCUT2D eigenvalue weighted by molar-refractivity contribution is 6.25. The average Bonchev–Trinajstić information content (AvgIpc) is 2.69. The van der Waals surface area contributed by atoms with E-state index in [9.17, 15) is 18.8 Å². The fourth-order valence-electron chi connectivity index (χ4n) is 2.84. The van der Waals surface area contributed by atoms with Crippen LogP contribution in [0.4, 0.5) is 4.39 Å². The number of allylic oxidation sites excluding steroid dienone is 2. The summed E-state index contributed by atoms with van der Waals surface area (Å²) in [6.45, 7) is 1.96. The maximum absolute atomic E-state index is 13.0. The summed E-state index contributed by atoms with van der Waals surface area (Å²) in [7, 11) is 0. The van der Waals surface area contributed by atoms with Crippen molar-refractivity contribution in [2.24, 2.45) is 0 Å². The minimum atomic E-state index is -0.452. The quantitative estimate of drug-likeness (QED) is 0.825. The Balaban J connectivity index is 1.90. The molecule has 1 heterocycles. The number of nitrogens with one attached hydrogen (secondary N) is 1. The topological polar surface area (TPSA) is 76.1 Å². The van der Waals surface area contributed by atoms with E-state index >= 15 is 0 Å². The summed E-state index contributed by atoms with van der Waals surface area (Å²) in [5, 5.41) is 2.54. The SMILES string of the molecule is CCCCC(=O)NC1=CC(=O)c2nccc(/C=C/c3ccc(F)cc3)c2C1=O. The third kappa shape index (κ3) is 4.28. The molecule has 0 bridgehead atoms. The molecule has 2 aromatic rings. The summed E-state index contributed by atoms with van der Waals surface area (Å²) < 4.78 is 13.0. The predicted octanol–water partition coefficient (Wildman–Crippen LogP) is 3.96. The monoisotopic (exact) mass is 378 g/mol. The Morgan fingerprint density at radius 1 is 1.14 bits per heavy atom. The van der Waals surface area contributed by atoms with Crippen LogP contribution in [0.3, 0.4) is 0 Å². The molecule has 1 aliphatic carbocycles. The van der Waals surface area contributed by atoms with E-state index in [2.05, 4.69) is 10.3 Å². The lowest BCUT2D eigenvalue weighted by molar-refractivity contribution is -0.120. The van der Waals surface area contributed by atoms with Gasteiger partial charge in [0.2, 0.25) is 17.5 Å². The molecule has 6 heteroatoms. The van der Waals surface area contributed by atoms with Gasteiger partial charge in [-0.05, 0) is 35.7 Å². The summed E-state index contributed by atoms with van der Waals surface area (Å²) in [6, 6.07) is 7.50. The van der Waals surface area contributed by atoms with Crippen LogP contribution in [0.15, 0.2) is 48.3 Å². The number of nitrogens with zero attached hydrogens (tertiary/aromatic N) is 1. The van der Waals surface area contributed by atoms with Gasteiger partial charge in [0, 0.05) is 18.7 Å². The molecule has 1 amide bonds. The van der Waals surface area contributed by atoms with Gasteiger partial charge in [0.05, 0.1) is 11.3 Å². The molecule has 1 aromatic heterocycles. The van der Waals surface area contributed by atoms with Crippen molar-refractivity contribution < 1.29 is 18.8 Å². The van der Waals surface area contributed by atoms with Crippen molar-refractivity contribution in [2.75, 3.05) is 0 Å². The molecule has 0 spiro atoms. The number of hydrogen-bond acceptors (Lipinski definition) is 4. The molecular formula is C22H19FN2O3. The first-order chi connectivity index (χ1) is 13.5. The number of ketones is 2. The molecule has 142 valence electrons. The molecule has 0 atom stereocenters. The Labute approximate surface area is 162 Å². The number of amides is 1. The fraction of sp³-hybridized carbons (Fsp3) is 0.182. The van der Waals surface area contributed by atoms with Crippen LogP contribution in [0.5, 0.6) is 0 Å². The van der Waals surface area contributed by atoms with Gasteiger partial charge in [0.25, 0.3) is 0 Å². The number of fused-ring (bicyclic) bond motifs is 1. The lowest BCUT2D eigenvalue weighted by atomic mass is 9.92. The second-order valence-corrected chi connectivity index (χ2v) is 6.41. The Hall–Kier alpha value is -3.41. The smallest absolute Gasteiger partial charge is 0.224 e. The van der Waals surface area contributed by atoms with Crippen molar-refractivity contribution in [3.05, 3.63) is 76.5 Å². The highest BCUT2D eigenvalue weighted by Gasteiger charge is 2.29. The lowest BCUT2D eigenvalue weighted by Gasteiger charge is -2.17. The number of benzene rings is 1. The zero-order chi connectivity index (χ0) is 20.1. The summed E-state index contributed by atoms with van der Waals surface area (Å²) in [4.78, 5) is 41.3. The van der Waals surface area contributed by atoms with E-state index in [4.69, 9.17) is 0 Å². The number of aromatic nitrogens is 1. The van der Waals surface area contributed by atoms with Gasteiger partial charge in [0.15, 0.2) is 0 Å². The molecule has 1 aliphatic rings. The number of carbonyl (C=O) groups is 3. The average molecular weight is 378 g/mol. The molecule has 0 saturated heterocycles. The van der Waals surface area contributed by atoms with Crippen molar-refractivity contribution in [3.8, 4) is 0 Å². The number of halogens is 1. The van der Waals surface area contributed by atoms with Crippen LogP contribution in [-0.2, 0) is 4.79 Å². The molecule has 3 rings (SSSR count). The van der Waals surface area contributed by atoms with Crippen molar-refractivity contribution in [3.63, 3.8) is 0 Å². The van der Waals surface area contributed by atoms with E-state index in [1.165, 1.54) is 18.3 Å². The molecule has 0 aliphatic heterocycles. The van der Waals surface area contributed by atoms with E-state index in [-0.39, 0.29) is 35.1 Å². The highest BCUT2D eigenvalue weighted by Crippen LogP contribution is 2.24. The third-order valence-electron chi connectivity index (χ3n) is 4.32. The van der Waals surface area contributed by atoms with Gasteiger partial charge in [-0.1, -0.05) is 37.6 Å². The van der Waals surface area contributed by atoms with Gasteiger partial charge in [-0.25, -0.2) is 4.39 Å². The van der Waals surface area contributed by atoms with E-state index in [0.717, 1.165) is 18.1 Å². The summed E-state index contributed by atoms with van der Waals surface area (Å²) in [6.07, 6.45) is 7.79. The second kappa shape index (κ2) is 8.52. The second-order valence-electron chi connectivity index (χ2n) is 6.41. The Kier molecular flexibility index (Phi) is 5.89. The van der Waals surface area contributed by atoms with Gasteiger partial charge in [-0.2, -0.15) is 0 Å². The van der Waals surface area contributed by atoms with Gasteiger partial charge in [-0.3, -0.25) is 19.4 Å². The zero-order valence-corrected chi connectivity index (χ0v) is 15.4. The van der Waals surface area contributed by atoms with Crippen molar-refractivity contribution in [2.45, 2.75) is 26.2 Å². The highest BCUT2D eigenvalue weighted by atomic mass is 19.1. The maximum Gasteiger partial charge on any atom is 0.224 e. The number of unbranched alkanes of at least 4 members (excludes halogenated alkanes) is 1. The maximum atomic E-state index is 13.0. The molecule has 1 N–H and O–H groups in total. The van der Waals surface area contributed by atoms with E-state index in [0.29, 0.717) is 12.0 Å². The Morgan fingerprint density at radius 2 is 1.89 bits per heavy atom. The van der Waals surface area contributed by atoms with Crippen LogP contribution >= 0.6 is 0 Å². The van der Waals surface area contributed by atoms with Crippen LogP contribution in [-0.4, -0.2) is 22.5 Å². The molecule has 0 fully saturated rings. The molecular weight excluding hydrogens is 359 g/mol. The van der Waals surface area contributed by atoms with Crippen LogP contribution < -0.4 is 5.32 Å². The Bertz CT molecular complexity index is 991. The van der Waals surface area contributed by atoms with Crippen LogP contribution in [0.25, 0.3) is 12.2 Å². The molecule has 5 nitrogen and oxygen atoms in total. The molecule has 28 heavy (non-hydrogen) atoms. The van der Waals surface area contributed by atoms with E-state index in [1.807, 2.05) is 6.92 Å². The number of rotatable bonds is 6. The Morgan fingerprint density at radius 3 is 2.61 bits per heavy atom. The summed E-state index contributed by atoms with van der Waals surface area (Å²) in [5.41, 5.74) is 1.41. The summed E-state index contributed by atoms with van der Waals surface area (Å²) >= 11 is 0. The van der Waals surface area contributed by atoms with Crippen LogP contribution in [0, 0.1) is 5.82 Å². The number of hydrogen-bond donors (Lipinski definition) is 1. The molecule has 0 radical (unpaired) electrons. The first kappa shape index (κ1) is 19.4. The van der Waals surface area contributed by atoms with Crippen molar-refractivity contribution in [1.82, 2.24) is 10.3 Å². The zero-order valence-electron chi connectivity index (χ0n) is 15.4. The molecule has 0 saturated carbocycles. The van der Waals surface area contributed by atoms with Crippen LogP contribution in [0.2, 0.25) is 0 Å². The van der Waals surface area contributed by atoms with Crippen molar-refractivity contribution >= 4 is 29.6 Å². The van der Waals surface area contributed by atoms with Crippen LogP contribution in [0.1, 0.15) is 58.2 Å². The van der Waals surface area contributed by atoms with E-state index < -0.39 is 11.6 Å². The first-order valence-electron chi connectivity index (χ1n) is 9.03. The van der Waals surface area contributed by atoms with Gasteiger partial charge in [-0.15, -0.1) is 0 Å². The van der Waals surface area contributed by atoms with E-state index in [1.54, 1.807) is 30.4 Å². The van der Waals surface area contributed by atoms with Crippen molar-refractivity contribution in [1.29, 1.82) is 0 Å². The first-order valence-corrected chi connectivity index (χ1v) is 9.03.